The number of ether oxygens (including phenoxy) is 1. The molecule has 5 nitrogen and oxygen atoms in total. The molecular formula is C23H30N2O3. The second-order valence-corrected chi connectivity index (χ2v) is 7.24. The van der Waals surface area contributed by atoms with Crippen LogP contribution in [0.3, 0.4) is 0 Å². The van der Waals surface area contributed by atoms with Gasteiger partial charge in [0.2, 0.25) is 0 Å². The van der Waals surface area contributed by atoms with Crippen LogP contribution in [0.15, 0.2) is 48.5 Å². The molecule has 2 aromatic rings. The predicted molar refractivity (Wildman–Crippen MR) is 111 cm³/mol. The summed E-state index contributed by atoms with van der Waals surface area (Å²) >= 11 is 0. The molecule has 1 amide bonds. The topological polar surface area (TPSA) is 53.0 Å². The first-order valence-corrected chi connectivity index (χ1v) is 10.2. The summed E-state index contributed by atoms with van der Waals surface area (Å²) in [6.45, 7) is 2.98. The van der Waals surface area contributed by atoms with Crippen molar-refractivity contribution >= 4 is 11.6 Å². The first-order valence-electron chi connectivity index (χ1n) is 10.2. The maximum Gasteiger partial charge on any atom is 0.281 e. The van der Waals surface area contributed by atoms with Crippen molar-refractivity contribution in [3.63, 3.8) is 0 Å². The van der Waals surface area contributed by atoms with Crippen molar-refractivity contribution in [1.29, 1.82) is 0 Å². The van der Waals surface area contributed by atoms with Crippen molar-refractivity contribution in [2.24, 2.45) is 0 Å². The number of hydrogen-bond acceptors (Lipinski definition) is 4. The third kappa shape index (κ3) is 4.14. The van der Waals surface area contributed by atoms with Crippen LogP contribution >= 0.6 is 0 Å². The molecular weight excluding hydrogens is 352 g/mol. The van der Waals surface area contributed by atoms with Gasteiger partial charge in [0, 0.05) is 12.1 Å². The number of benzene rings is 2. The number of carbonyl (C=O) groups is 1. The van der Waals surface area contributed by atoms with Gasteiger partial charge in [-0.3, -0.25) is 10.0 Å². The summed E-state index contributed by atoms with van der Waals surface area (Å²) < 4.78 is 5.51. The minimum absolute atomic E-state index is 0.384. The molecule has 0 radical (unpaired) electrons. The van der Waals surface area contributed by atoms with Crippen molar-refractivity contribution in [2.75, 3.05) is 18.6 Å². The molecule has 1 heterocycles. The van der Waals surface area contributed by atoms with Crippen LogP contribution in [0.1, 0.15) is 67.5 Å². The second-order valence-electron chi connectivity index (χ2n) is 7.24. The standard InChI is InChI=1S/C23H30N2O3/c1-3-4-5-6-7-12-17-24-20-15-10-8-13-18(20)23(26)25(27)22(24)19-14-9-11-16-21(19)28-2/h8-11,13-16,22,27H,3-7,12,17H2,1-2H3. The van der Waals surface area contributed by atoms with E-state index in [1.54, 1.807) is 13.2 Å². The van der Waals surface area contributed by atoms with E-state index in [2.05, 4.69) is 11.8 Å². The van der Waals surface area contributed by atoms with Crippen molar-refractivity contribution in [1.82, 2.24) is 5.06 Å². The number of fused-ring (bicyclic) bond motifs is 1. The van der Waals surface area contributed by atoms with Gasteiger partial charge in [-0.15, -0.1) is 0 Å². The van der Waals surface area contributed by atoms with Gasteiger partial charge in [0.1, 0.15) is 5.75 Å². The molecule has 2 aromatic carbocycles. The number of hydroxylamine groups is 2. The largest absolute Gasteiger partial charge is 0.496 e. The van der Waals surface area contributed by atoms with E-state index in [1.165, 1.54) is 25.7 Å². The molecule has 0 saturated carbocycles. The Hall–Kier alpha value is -2.53. The van der Waals surface area contributed by atoms with Crippen LogP contribution in [0.25, 0.3) is 0 Å². The highest BCUT2D eigenvalue weighted by atomic mass is 16.5. The van der Waals surface area contributed by atoms with Gasteiger partial charge in [-0.2, -0.15) is 5.06 Å². The van der Waals surface area contributed by atoms with Gasteiger partial charge in [-0.1, -0.05) is 69.4 Å². The van der Waals surface area contributed by atoms with E-state index in [-0.39, 0.29) is 5.91 Å². The second kappa shape index (κ2) is 9.60. The molecule has 0 bridgehead atoms. The Morgan fingerprint density at radius 3 is 2.43 bits per heavy atom. The maximum absolute atomic E-state index is 12.8. The molecule has 150 valence electrons. The number of para-hydroxylation sites is 2. The lowest BCUT2D eigenvalue weighted by atomic mass is 10.0. The van der Waals surface area contributed by atoms with E-state index in [0.717, 1.165) is 35.7 Å². The van der Waals surface area contributed by atoms with Gasteiger partial charge in [-0.25, -0.2) is 0 Å². The number of nitrogens with zero attached hydrogens (tertiary/aromatic N) is 2. The summed E-state index contributed by atoms with van der Waals surface area (Å²) in [6.07, 6.45) is 6.52. The van der Waals surface area contributed by atoms with Crippen LogP contribution < -0.4 is 9.64 Å². The Balaban J connectivity index is 1.90. The lowest BCUT2D eigenvalue weighted by Crippen LogP contribution is -2.48. The van der Waals surface area contributed by atoms with Crippen molar-refractivity contribution in [3.05, 3.63) is 59.7 Å². The number of hydrogen-bond donors (Lipinski definition) is 1. The fourth-order valence-corrected chi connectivity index (χ4v) is 3.89. The minimum Gasteiger partial charge on any atom is -0.496 e. The van der Waals surface area contributed by atoms with Crippen LogP contribution in [0.4, 0.5) is 5.69 Å². The normalized spacial score (nSPS) is 16.2. The molecule has 28 heavy (non-hydrogen) atoms. The first-order chi connectivity index (χ1) is 13.7. The zero-order valence-corrected chi connectivity index (χ0v) is 16.8. The van der Waals surface area contributed by atoms with E-state index in [0.29, 0.717) is 11.3 Å². The average molecular weight is 383 g/mol. The minimum atomic E-state index is -0.603. The Bertz CT molecular complexity index is 793. The molecule has 1 aliphatic rings. The van der Waals surface area contributed by atoms with Crippen LogP contribution in [0.2, 0.25) is 0 Å². The van der Waals surface area contributed by atoms with Gasteiger partial charge in [-0.05, 0) is 24.6 Å². The molecule has 0 spiro atoms. The van der Waals surface area contributed by atoms with Gasteiger partial charge < -0.3 is 9.64 Å². The zero-order valence-electron chi connectivity index (χ0n) is 16.8. The Kier molecular flexibility index (Phi) is 6.93. The zero-order chi connectivity index (χ0) is 19.9. The monoisotopic (exact) mass is 382 g/mol. The number of amides is 1. The van der Waals surface area contributed by atoms with Crippen molar-refractivity contribution in [2.45, 2.75) is 51.6 Å². The molecule has 1 aliphatic heterocycles. The highest BCUT2D eigenvalue weighted by Gasteiger charge is 2.39. The molecule has 1 unspecified atom stereocenters. The Morgan fingerprint density at radius 2 is 1.64 bits per heavy atom. The molecule has 3 rings (SSSR count). The molecule has 1 N–H and O–H groups in total. The Morgan fingerprint density at radius 1 is 0.964 bits per heavy atom. The van der Waals surface area contributed by atoms with E-state index in [9.17, 15) is 10.0 Å². The van der Waals surface area contributed by atoms with Gasteiger partial charge in [0.05, 0.1) is 18.4 Å². The average Bonchev–Trinajstić information content (AvgIpc) is 2.74. The highest BCUT2D eigenvalue weighted by molar-refractivity contribution is 6.01. The van der Waals surface area contributed by atoms with Crippen LogP contribution in [0, 0.1) is 0 Å². The maximum atomic E-state index is 12.8. The lowest BCUT2D eigenvalue weighted by molar-refractivity contribution is -0.0941. The quantitative estimate of drug-likeness (QED) is 0.466. The molecule has 0 aromatic heterocycles. The van der Waals surface area contributed by atoms with Crippen LogP contribution in [-0.2, 0) is 0 Å². The van der Waals surface area contributed by atoms with Gasteiger partial charge in [0.15, 0.2) is 6.17 Å². The molecule has 0 fully saturated rings. The lowest BCUT2D eigenvalue weighted by Gasteiger charge is -2.43. The summed E-state index contributed by atoms with van der Waals surface area (Å²) in [5.74, 6) is 0.275. The molecule has 0 saturated heterocycles. The van der Waals surface area contributed by atoms with E-state index in [1.807, 2.05) is 42.5 Å². The van der Waals surface area contributed by atoms with Crippen LogP contribution in [-0.4, -0.2) is 29.8 Å². The number of anilines is 1. The highest BCUT2D eigenvalue weighted by Crippen LogP contribution is 2.40. The van der Waals surface area contributed by atoms with Gasteiger partial charge in [0.25, 0.3) is 5.91 Å². The predicted octanol–water partition coefficient (Wildman–Crippen LogP) is 5.41. The summed E-state index contributed by atoms with van der Waals surface area (Å²) in [6, 6.07) is 15.1. The van der Waals surface area contributed by atoms with E-state index >= 15 is 0 Å². The van der Waals surface area contributed by atoms with Crippen molar-refractivity contribution < 1.29 is 14.7 Å². The number of unbranched alkanes of at least 4 members (excludes halogenated alkanes) is 5. The SMILES string of the molecule is CCCCCCCCN1c2ccccc2C(=O)N(O)C1c1ccccc1OC. The fourth-order valence-electron chi connectivity index (χ4n) is 3.89. The van der Waals surface area contributed by atoms with E-state index < -0.39 is 6.17 Å². The third-order valence-electron chi connectivity index (χ3n) is 5.35. The molecule has 1 atom stereocenters. The van der Waals surface area contributed by atoms with E-state index in [4.69, 9.17) is 4.74 Å². The molecule has 5 heteroatoms. The smallest absolute Gasteiger partial charge is 0.281 e. The number of carbonyl (C=O) groups excluding carboxylic acids is 1. The fraction of sp³-hybridized carbons (Fsp3) is 0.435. The van der Waals surface area contributed by atoms with Crippen molar-refractivity contribution in [3.8, 4) is 5.75 Å². The van der Waals surface area contributed by atoms with Gasteiger partial charge >= 0.3 is 0 Å². The number of rotatable bonds is 9. The first kappa shape index (κ1) is 20.2. The van der Waals surface area contributed by atoms with Crippen LogP contribution in [0.5, 0.6) is 5.75 Å². The summed E-state index contributed by atoms with van der Waals surface area (Å²) in [4.78, 5) is 14.9. The summed E-state index contributed by atoms with van der Waals surface area (Å²) in [7, 11) is 1.61. The number of methoxy groups -OCH3 is 1. The Labute approximate surface area is 167 Å². The third-order valence-corrected chi connectivity index (χ3v) is 5.35. The molecule has 0 aliphatic carbocycles. The summed E-state index contributed by atoms with van der Waals surface area (Å²) in [5, 5.41) is 11.6. The summed E-state index contributed by atoms with van der Waals surface area (Å²) in [5.41, 5.74) is 2.17.